The summed E-state index contributed by atoms with van der Waals surface area (Å²) in [5.74, 6) is 0.385. The summed E-state index contributed by atoms with van der Waals surface area (Å²) < 4.78 is 0. The highest BCUT2D eigenvalue weighted by atomic mass is 32.1. The Labute approximate surface area is 118 Å². The van der Waals surface area contributed by atoms with Crippen molar-refractivity contribution in [3.63, 3.8) is 0 Å². The number of nitrogens with zero attached hydrogens (tertiary/aromatic N) is 2. The largest absolute Gasteiger partial charge is 0.391 e. The number of aromatic nitrogens is 1. The third kappa shape index (κ3) is 2.96. The molecule has 0 amide bonds. The van der Waals surface area contributed by atoms with Crippen LogP contribution in [0.4, 0.5) is 10.8 Å². The molecule has 2 aromatic rings. The Morgan fingerprint density at radius 2 is 2.00 bits per heavy atom. The van der Waals surface area contributed by atoms with Gasteiger partial charge in [-0.1, -0.05) is 43.4 Å². The van der Waals surface area contributed by atoms with Crippen LogP contribution in [0.1, 0.15) is 36.8 Å². The molecule has 0 saturated heterocycles. The minimum Gasteiger partial charge on any atom is -0.391 e. The summed E-state index contributed by atoms with van der Waals surface area (Å²) in [4.78, 5) is 7.76. The van der Waals surface area contributed by atoms with Gasteiger partial charge in [-0.05, 0) is 24.5 Å². The van der Waals surface area contributed by atoms with Crippen molar-refractivity contribution >= 4 is 22.2 Å². The van der Waals surface area contributed by atoms with Crippen molar-refractivity contribution in [2.75, 3.05) is 11.9 Å². The fourth-order valence-corrected chi connectivity index (χ4v) is 2.97. The van der Waals surface area contributed by atoms with E-state index < -0.39 is 0 Å². The van der Waals surface area contributed by atoms with E-state index in [0.717, 1.165) is 27.8 Å². The topological polar surface area (TPSA) is 36.4 Å². The lowest BCUT2D eigenvalue weighted by atomic mass is 10.0. The van der Waals surface area contributed by atoms with Crippen LogP contribution in [0.5, 0.6) is 0 Å². The minimum absolute atomic E-state index is 0.0694. The number of para-hydroxylation sites is 1. The molecule has 0 bridgehead atoms. The molecule has 1 atom stereocenters. The lowest BCUT2D eigenvalue weighted by Crippen LogP contribution is -2.09. The minimum atomic E-state index is 0.0694. The molecule has 1 heterocycles. The highest BCUT2D eigenvalue weighted by Crippen LogP contribution is 2.34. The Hall–Kier alpha value is -1.39. The van der Waals surface area contributed by atoms with Gasteiger partial charge in [0.1, 0.15) is 0 Å². The van der Waals surface area contributed by atoms with Gasteiger partial charge in [-0.25, -0.2) is 4.98 Å². The van der Waals surface area contributed by atoms with Crippen LogP contribution in [-0.4, -0.2) is 17.1 Å². The number of anilines is 2. The summed E-state index contributed by atoms with van der Waals surface area (Å²) in [6.45, 7) is 4.37. The Balaban J connectivity index is 2.33. The van der Waals surface area contributed by atoms with Crippen LogP contribution in [0.15, 0.2) is 30.3 Å². The Kier molecular flexibility index (Phi) is 4.56. The molecule has 1 aromatic carbocycles. The van der Waals surface area contributed by atoms with E-state index in [1.54, 1.807) is 11.3 Å². The van der Waals surface area contributed by atoms with E-state index in [9.17, 15) is 5.11 Å². The molecule has 1 unspecified atom stereocenters. The quantitative estimate of drug-likeness (QED) is 0.899. The van der Waals surface area contributed by atoms with Gasteiger partial charge < -0.3 is 10.0 Å². The van der Waals surface area contributed by atoms with Crippen molar-refractivity contribution in [3.05, 3.63) is 40.9 Å². The molecule has 3 nitrogen and oxygen atoms in total. The van der Waals surface area contributed by atoms with Crippen molar-refractivity contribution in [2.45, 2.75) is 32.8 Å². The zero-order valence-electron chi connectivity index (χ0n) is 11.6. The summed E-state index contributed by atoms with van der Waals surface area (Å²) in [6.07, 6.45) is 1.03. The van der Waals surface area contributed by atoms with Gasteiger partial charge in [-0.2, -0.15) is 0 Å². The Bertz CT molecular complexity index is 524. The van der Waals surface area contributed by atoms with E-state index >= 15 is 0 Å². The monoisotopic (exact) mass is 276 g/mol. The molecule has 19 heavy (non-hydrogen) atoms. The van der Waals surface area contributed by atoms with E-state index in [1.807, 2.05) is 25.2 Å². The Morgan fingerprint density at radius 1 is 1.32 bits per heavy atom. The molecule has 0 radical (unpaired) electrons. The number of thiazole rings is 1. The number of hydrogen-bond acceptors (Lipinski definition) is 4. The van der Waals surface area contributed by atoms with E-state index in [0.29, 0.717) is 5.92 Å². The van der Waals surface area contributed by atoms with E-state index in [2.05, 4.69) is 30.9 Å². The molecule has 102 valence electrons. The van der Waals surface area contributed by atoms with Gasteiger partial charge in [-0.15, -0.1) is 0 Å². The number of benzene rings is 1. The summed E-state index contributed by atoms with van der Waals surface area (Å²) >= 11 is 1.57. The maximum Gasteiger partial charge on any atom is 0.190 e. The van der Waals surface area contributed by atoms with Gasteiger partial charge >= 0.3 is 0 Å². The number of aliphatic hydroxyl groups excluding tert-OH is 1. The van der Waals surface area contributed by atoms with Crippen molar-refractivity contribution in [2.24, 2.45) is 0 Å². The maximum atomic E-state index is 9.48. The summed E-state index contributed by atoms with van der Waals surface area (Å²) in [5, 5.41) is 10.4. The molecule has 2 rings (SSSR count). The second kappa shape index (κ2) is 6.17. The zero-order chi connectivity index (χ0) is 13.8. The van der Waals surface area contributed by atoms with Gasteiger partial charge in [0.2, 0.25) is 0 Å². The maximum absolute atomic E-state index is 9.48. The standard InChI is InChI=1S/C15H20N2OS/c1-4-11(2)14-13(10-18)19-15(16-14)17(3)12-8-6-5-7-9-12/h5-9,11,18H,4,10H2,1-3H3. The molecule has 0 aliphatic rings. The van der Waals surface area contributed by atoms with Crippen molar-refractivity contribution in [1.29, 1.82) is 0 Å². The van der Waals surface area contributed by atoms with Crippen molar-refractivity contribution in [1.82, 2.24) is 4.98 Å². The normalized spacial score (nSPS) is 12.4. The van der Waals surface area contributed by atoms with Crippen molar-refractivity contribution in [3.8, 4) is 0 Å². The summed E-state index contributed by atoms with van der Waals surface area (Å²) in [6, 6.07) is 10.2. The number of hydrogen-bond donors (Lipinski definition) is 1. The van der Waals surface area contributed by atoms with E-state index in [1.165, 1.54) is 0 Å². The van der Waals surface area contributed by atoms with Crippen LogP contribution < -0.4 is 4.90 Å². The van der Waals surface area contributed by atoms with Crippen LogP contribution in [0.2, 0.25) is 0 Å². The third-order valence-electron chi connectivity index (χ3n) is 3.37. The summed E-state index contributed by atoms with van der Waals surface area (Å²) in [7, 11) is 2.01. The molecule has 0 spiro atoms. The summed E-state index contributed by atoms with van der Waals surface area (Å²) in [5.41, 5.74) is 2.14. The molecule has 0 aliphatic heterocycles. The van der Waals surface area contributed by atoms with Crippen LogP contribution in [0, 0.1) is 0 Å². The van der Waals surface area contributed by atoms with E-state index in [-0.39, 0.29) is 6.61 Å². The van der Waals surface area contributed by atoms with Crippen molar-refractivity contribution < 1.29 is 5.11 Å². The fourth-order valence-electron chi connectivity index (χ4n) is 1.95. The van der Waals surface area contributed by atoms with Crippen LogP contribution >= 0.6 is 11.3 Å². The van der Waals surface area contributed by atoms with Gasteiger partial charge in [0.05, 0.1) is 17.2 Å². The van der Waals surface area contributed by atoms with Gasteiger partial charge in [0, 0.05) is 12.7 Å². The molecule has 1 N–H and O–H groups in total. The molecular weight excluding hydrogens is 256 g/mol. The lowest BCUT2D eigenvalue weighted by molar-refractivity contribution is 0.283. The smallest absolute Gasteiger partial charge is 0.190 e. The molecule has 0 aliphatic carbocycles. The van der Waals surface area contributed by atoms with Gasteiger partial charge in [0.15, 0.2) is 5.13 Å². The van der Waals surface area contributed by atoms with Gasteiger partial charge in [0.25, 0.3) is 0 Å². The van der Waals surface area contributed by atoms with Gasteiger partial charge in [-0.3, -0.25) is 0 Å². The first-order valence-corrected chi connectivity index (χ1v) is 7.38. The first-order valence-electron chi connectivity index (χ1n) is 6.56. The van der Waals surface area contributed by atoms with Crippen LogP contribution in [0.25, 0.3) is 0 Å². The number of aliphatic hydroxyl groups is 1. The first-order chi connectivity index (χ1) is 9.17. The molecule has 0 saturated carbocycles. The molecular formula is C15H20N2OS. The fraction of sp³-hybridized carbons (Fsp3) is 0.400. The number of rotatable bonds is 5. The van der Waals surface area contributed by atoms with Crippen LogP contribution in [0.3, 0.4) is 0 Å². The SMILES string of the molecule is CCC(C)c1nc(N(C)c2ccccc2)sc1CO. The third-order valence-corrected chi connectivity index (χ3v) is 4.50. The highest BCUT2D eigenvalue weighted by molar-refractivity contribution is 7.15. The average molecular weight is 276 g/mol. The van der Waals surface area contributed by atoms with E-state index in [4.69, 9.17) is 4.98 Å². The molecule has 4 heteroatoms. The molecule has 1 aromatic heterocycles. The molecule has 0 fully saturated rings. The predicted octanol–water partition coefficient (Wildman–Crippen LogP) is 3.92. The first kappa shape index (κ1) is 14.0. The average Bonchev–Trinajstić information content (AvgIpc) is 2.90. The Morgan fingerprint density at radius 3 is 2.58 bits per heavy atom. The van der Waals surface area contributed by atoms with Crippen LogP contribution in [-0.2, 0) is 6.61 Å². The second-order valence-electron chi connectivity index (χ2n) is 4.67. The predicted molar refractivity (Wildman–Crippen MR) is 81.2 cm³/mol. The second-order valence-corrected chi connectivity index (χ2v) is 5.73. The zero-order valence-corrected chi connectivity index (χ0v) is 12.4. The lowest BCUT2D eigenvalue weighted by Gasteiger charge is -2.15. The highest BCUT2D eigenvalue weighted by Gasteiger charge is 2.17.